The number of nitrogens with zero attached hydrogens (tertiary/aromatic N) is 1. The number of fused-ring (bicyclic) bond motifs is 1. The second kappa shape index (κ2) is 6.43. The monoisotopic (exact) mass is 318 g/mol. The van der Waals surface area contributed by atoms with E-state index in [4.69, 9.17) is 4.99 Å². The van der Waals surface area contributed by atoms with Crippen LogP contribution in [0.5, 0.6) is 0 Å². The van der Waals surface area contributed by atoms with E-state index in [2.05, 4.69) is 66.8 Å². The van der Waals surface area contributed by atoms with Crippen LogP contribution >= 0.6 is 0 Å². The van der Waals surface area contributed by atoms with Gasteiger partial charge in [0, 0.05) is 11.1 Å². The van der Waals surface area contributed by atoms with Gasteiger partial charge < -0.3 is 5.32 Å². The lowest BCUT2D eigenvalue weighted by Gasteiger charge is -2.44. The zero-order valence-corrected chi connectivity index (χ0v) is 14.5. The molecule has 2 heteroatoms. The minimum atomic E-state index is 0.218. The van der Waals surface area contributed by atoms with Crippen molar-refractivity contribution in [2.75, 3.05) is 5.32 Å². The van der Waals surface area contributed by atoms with E-state index in [1.54, 1.807) is 0 Å². The molecule has 0 bridgehead atoms. The maximum Gasteiger partial charge on any atom is 0.108 e. The fraction of sp³-hybridized carbons (Fsp3) is 0.409. The van der Waals surface area contributed by atoms with Crippen molar-refractivity contribution in [3.63, 3.8) is 0 Å². The van der Waals surface area contributed by atoms with Gasteiger partial charge in [-0.05, 0) is 55.2 Å². The summed E-state index contributed by atoms with van der Waals surface area (Å²) in [5, 5.41) is 3.69. The van der Waals surface area contributed by atoms with Crippen molar-refractivity contribution in [1.29, 1.82) is 0 Å². The predicted octanol–water partition coefficient (Wildman–Crippen LogP) is 5.45. The number of rotatable bonds is 2. The maximum absolute atomic E-state index is 5.06. The fourth-order valence-corrected chi connectivity index (χ4v) is 4.19. The van der Waals surface area contributed by atoms with Gasteiger partial charge in [0.1, 0.15) is 5.84 Å². The zero-order valence-electron chi connectivity index (χ0n) is 14.5. The van der Waals surface area contributed by atoms with Crippen LogP contribution in [-0.2, 0) is 13.0 Å². The molecule has 4 rings (SSSR count). The highest BCUT2D eigenvalue weighted by Gasteiger charge is 2.42. The lowest BCUT2D eigenvalue weighted by atomic mass is 9.65. The van der Waals surface area contributed by atoms with Crippen LogP contribution in [0.2, 0.25) is 0 Å². The molecule has 2 nitrogen and oxygen atoms in total. The van der Waals surface area contributed by atoms with Crippen LogP contribution in [0.25, 0.3) is 0 Å². The largest absolute Gasteiger partial charge is 0.343 e. The minimum Gasteiger partial charge on any atom is -0.343 e. The molecule has 1 aliphatic carbocycles. The molecular weight excluding hydrogens is 292 g/mol. The van der Waals surface area contributed by atoms with Gasteiger partial charge >= 0.3 is 0 Å². The number of nitrogens with one attached hydrogen (secondary N) is 1. The predicted molar refractivity (Wildman–Crippen MR) is 101 cm³/mol. The smallest absolute Gasteiger partial charge is 0.108 e. The van der Waals surface area contributed by atoms with Crippen LogP contribution in [0.15, 0.2) is 59.6 Å². The minimum absolute atomic E-state index is 0.218. The third-order valence-corrected chi connectivity index (χ3v) is 5.80. The highest BCUT2D eigenvalue weighted by atomic mass is 15.0. The Bertz CT molecular complexity index is 725. The first-order valence-corrected chi connectivity index (χ1v) is 9.19. The maximum atomic E-state index is 5.06. The molecule has 1 aliphatic heterocycles. The Kier molecular flexibility index (Phi) is 4.13. The molecule has 1 heterocycles. The summed E-state index contributed by atoms with van der Waals surface area (Å²) in [6, 6.07) is 19.3. The summed E-state index contributed by atoms with van der Waals surface area (Å²) in [5.41, 5.74) is 4.19. The van der Waals surface area contributed by atoms with Crippen LogP contribution in [0, 0.1) is 11.3 Å². The fourth-order valence-electron chi connectivity index (χ4n) is 4.19. The van der Waals surface area contributed by atoms with E-state index in [0.29, 0.717) is 0 Å². The Morgan fingerprint density at radius 1 is 1.00 bits per heavy atom. The Hall–Kier alpha value is -2.09. The number of benzene rings is 2. The summed E-state index contributed by atoms with van der Waals surface area (Å²) in [7, 11) is 0. The number of hydrogen-bond donors (Lipinski definition) is 1. The van der Waals surface area contributed by atoms with Gasteiger partial charge in [-0.1, -0.05) is 55.5 Å². The van der Waals surface area contributed by atoms with Gasteiger partial charge in [-0.25, -0.2) is 0 Å². The lowest BCUT2D eigenvalue weighted by molar-refractivity contribution is 0.229. The highest BCUT2D eigenvalue weighted by molar-refractivity contribution is 6.02. The summed E-state index contributed by atoms with van der Waals surface area (Å²) in [4.78, 5) is 5.06. The van der Waals surface area contributed by atoms with Crippen molar-refractivity contribution in [3.8, 4) is 0 Å². The molecule has 1 saturated carbocycles. The van der Waals surface area contributed by atoms with E-state index in [0.717, 1.165) is 18.9 Å². The van der Waals surface area contributed by atoms with Gasteiger partial charge in [0.05, 0.1) is 6.54 Å². The van der Waals surface area contributed by atoms with Crippen LogP contribution < -0.4 is 5.32 Å². The Labute approximate surface area is 145 Å². The number of para-hydroxylation sites is 1. The summed E-state index contributed by atoms with van der Waals surface area (Å²) in [6.07, 6.45) is 6.27. The van der Waals surface area contributed by atoms with Gasteiger partial charge in [0.25, 0.3) is 0 Å². The lowest BCUT2D eigenvalue weighted by Crippen LogP contribution is -2.44. The first kappa shape index (κ1) is 15.4. The SMILES string of the molecule is CC1CCC2(CC1)Cc1ccccc1NC2=NCc1ccccc1. The van der Waals surface area contributed by atoms with Crippen LogP contribution in [-0.4, -0.2) is 5.84 Å². The van der Waals surface area contributed by atoms with Crippen molar-refractivity contribution in [3.05, 3.63) is 65.7 Å². The molecule has 0 radical (unpaired) electrons. The molecule has 1 fully saturated rings. The highest BCUT2D eigenvalue weighted by Crippen LogP contribution is 2.46. The summed E-state index contributed by atoms with van der Waals surface area (Å²) < 4.78 is 0. The molecule has 2 aliphatic rings. The molecule has 0 amide bonds. The molecule has 0 unspecified atom stereocenters. The van der Waals surface area contributed by atoms with Crippen molar-refractivity contribution in [2.45, 2.75) is 45.6 Å². The molecule has 24 heavy (non-hydrogen) atoms. The van der Waals surface area contributed by atoms with E-state index < -0.39 is 0 Å². The third kappa shape index (κ3) is 2.98. The number of anilines is 1. The van der Waals surface area contributed by atoms with Gasteiger partial charge in [-0.15, -0.1) is 0 Å². The third-order valence-electron chi connectivity index (χ3n) is 5.80. The summed E-state index contributed by atoms with van der Waals surface area (Å²) in [6.45, 7) is 3.15. The first-order chi connectivity index (χ1) is 11.8. The quantitative estimate of drug-likeness (QED) is 0.782. The van der Waals surface area contributed by atoms with E-state index in [1.165, 1.54) is 48.3 Å². The molecule has 0 aromatic heterocycles. The summed E-state index contributed by atoms with van der Waals surface area (Å²) in [5.74, 6) is 2.07. The van der Waals surface area contributed by atoms with E-state index in [-0.39, 0.29) is 5.41 Å². The van der Waals surface area contributed by atoms with E-state index in [1.807, 2.05) is 0 Å². The van der Waals surface area contributed by atoms with E-state index in [9.17, 15) is 0 Å². The standard InChI is InChI=1S/C22H26N2/c1-17-11-13-22(14-12-17)15-19-9-5-6-10-20(19)24-21(22)23-16-18-7-3-2-4-8-18/h2-10,17H,11-16H2,1H3,(H,23,24). The molecular formula is C22H26N2. The topological polar surface area (TPSA) is 24.4 Å². The van der Waals surface area contributed by atoms with Crippen LogP contribution in [0.1, 0.15) is 43.7 Å². The Morgan fingerprint density at radius 2 is 1.71 bits per heavy atom. The molecule has 2 aromatic rings. The van der Waals surface area contributed by atoms with Crippen molar-refractivity contribution >= 4 is 11.5 Å². The zero-order chi connectivity index (χ0) is 16.4. The molecule has 1 N–H and O–H groups in total. The van der Waals surface area contributed by atoms with Crippen molar-refractivity contribution in [1.82, 2.24) is 0 Å². The number of hydrogen-bond acceptors (Lipinski definition) is 1. The van der Waals surface area contributed by atoms with Gasteiger partial charge in [0.15, 0.2) is 0 Å². The normalized spacial score (nSPS) is 27.7. The Balaban J connectivity index is 1.66. The van der Waals surface area contributed by atoms with Crippen LogP contribution in [0.4, 0.5) is 5.69 Å². The van der Waals surface area contributed by atoms with Crippen molar-refractivity contribution < 1.29 is 0 Å². The number of aliphatic imine (C=N–C) groups is 1. The molecule has 0 atom stereocenters. The Morgan fingerprint density at radius 3 is 2.50 bits per heavy atom. The number of amidine groups is 1. The van der Waals surface area contributed by atoms with Gasteiger partial charge in [-0.2, -0.15) is 0 Å². The van der Waals surface area contributed by atoms with Gasteiger partial charge in [-0.3, -0.25) is 4.99 Å². The molecule has 124 valence electrons. The molecule has 2 aromatic carbocycles. The van der Waals surface area contributed by atoms with Crippen molar-refractivity contribution in [2.24, 2.45) is 16.3 Å². The van der Waals surface area contributed by atoms with Crippen LogP contribution in [0.3, 0.4) is 0 Å². The van der Waals surface area contributed by atoms with E-state index >= 15 is 0 Å². The molecule has 0 saturated heterocycles. The van der Waals surface area contributed by atoms with Gasteiger partial charge in [0.2, 0.25) is 0 Å². The average Bonchev–Trinajstić information content (AvgIpc) is 2.63. The summed E-state index contributed by atoms with van der Waals surface area (Å²) >= 11 is 0. The molecule has 1 spiro atoms. The second-order valence-corrected chi connectivity index (χ2v) is 7.57. The average molecular weight is 318 g/mol. The second-order valence-electron chi connectivity index (χ2n) is 7.57. The first-order valence-electron chi connectivity index (χ1n) is 9.19.